The Hall–Kier alpha value is -2.38. The number of carbonyl (C=O) groups is 2. The summed E-state index contributed by atoms with van der Waals surface area (Å²) < 4.78 is 4.85. The zero-order valence-electron chi connectivity index (χ0n) is 15.3. The molecule has 1 saturated heterocycles. The average Bonchev–Trinajstić information content (AvgIpc) is 2.92. The summed E-state index contributed by atoms with van der Waals surface area (Å²) in [6.45, 7) is 3.91. The zero-order valence-corrected chi connectivity index (χ0v) is 16.1. The van der Waals surface area contributed by atoms with E-state index in [2.05, 4.69) is 17.2 Å². The van der Waals surface area contributed by atoms with Crippen molar-refractivity contribution in [3.8, 4) is 5.75 Å². The van der Waals surface area contributed by atoms with Gasteiger partial charge >= 0.3 is 0 Å². The number of hydrogen-bond acceptors (Lipinski definition) is 6. The van der Waals surface area contributed by atoms with Crippen LogP contribution in [0.5, 0.6) is 5.75 Å². The van der Waals surface area contributed by atoms with Gasteiger partial charge in [-0.05, 0) is 60.9 Å². The molecule has 2 atom stereocenters. The van der Waals surface area contributed by atoms with Crippen LogP contribution in [-0.4, -0.2) is 32.6 Å². The van der Waals surface area contributed by atoms with Crippen molar-refractivity contribution in [3.05, 3.63) is 59.4 Å². The van der Waals surface area contributed by atoms with Crippen molar-refractivity contribution >= 4 is 22.9 Å². The summed E-state index contributed by atoms with van der Waals surface area (Å²) in [5.74, 6) is 0.357. The van der Waals surface area contributed by atoms with E-state index in [1.165, 1.54) is 0 Å². The largest absolute Gasteiger partial charge is 0.490 e. The minimum absolute atomic E-state index is 0.0995. The number of ether oxygens (including phenoxy) is 1. The molecule has 2 amide bonds. The van der Waals surface area contributed by atoms with Gasteiger partial charge in [-0.2, -0.15) is 0 Å². The minimum Gasteiger partial charge on any atom is -0.490 e. The molecule has 27 heavy (non-hydrogen) atoms. The first kappa shape index (κ1) is 19.4. The molecule has 2 aromatic rings. The molecule has 1 aromatic heterocycles. The highest BCUT2D eigenvalue weighted by Crippen LogP contribution is 2.34. The van der Waals surface area contributed by atoms with Crippen molar-refractivity contribution in [1.82, 2.24) is 10.3 Å². The van der Waals surface area contributed by atoms with Gasteiger partial charge in [0.2, 0.25) is 5.91 Å². The fraction of sp³-hybridized carbons (Fsp3) is 0.350. The maximum absolute atomic E-state index is 11.9. The highest BCUT2D eigenvalue weighted by molar-refractivity contribution is 8.16. The molecule has 1 fully saturated rings. The van der Waals surface area contributed by atoms with Crippen LogP contribution in [-0.2, 0) is 17.6 Å². The van der Waals surface area contributed by atoms with E-state index in [0.717, 1.165) is 29.3 Å². The molecule has 1 aliphatic heterocycles. The number of aryl methyl sites for hydroxylation is 1. The van der Waals surface area contributed by atoms with Crippen molar-refractivity contribution in [1.29, 1.82) is 0 Å². The smallest absolute Gasteiger partial charge is 0.286 e. The number of pyridine rings is 1. The van der Waals surface area contributed by atoms with Crippen molar-refractivity contribution in [3.63, 3.8) is 0 Å². The van der Waals surface area contributed by atoms with E-state index < -0.39 is 10.9 Å². The summed E-state index contributed by atoms with van der Waals surface area (Å²) >= 11 is 1.02. The minimum atomic E-state index is -0.806. The van der Waals surface area contributed by atoms with Gasteiger partial charge in [0.25, 0.3) is 5.24 Å². The number of rotatable bonds is 7. The van der Waals surface area contributed by atoms with Crippen molar-refractivity contribution in [2.24, 2.45) is 0 Å². The van der Waals surface area contributed by atoms with Crippen LogP contribution in [0.3, 0.4) is 0 Å². The molecule has 2 N–H and O–H groups in total. The number of hydrogen-bond donors (Lipinski definition) is 2. The molecule has 1 aliphatic rings. The maximum Gasteiger partial charge on any atom is 0.286 e. The van der Waals surface area contributed by atoms with Crippen LogP contribution in [0.15, 0.2) is 42.6 Å². The fourth-order valence-electron chi connectivity index (χ4n) is 2.81. The zero-order chi connectivity index (χ0) is 19.4. The highest BCUT2D eigenvalue weighted by Gasteiger charge is 2.43. The van der Waals surface area contributed by atoms with Gasteiger partial charge < -0.3 is 9.84 Å². The lowest BCUT2D eigenvalue weighted by atomic mass is 9.99. The van der Waals surface area contributed by atoms with Crippen molar-refractivity contribution < 1.29 is 19.4 Å². The van der Waals surface area contributed by atoms with E-state index in [-0.39, 0.29) is 17.8 Å². The van der Waals surface area contributed by atoms with Crippen molar-refractivity contribution in [2.45, 2.75) is 37.5 Å². The number of nitrogens with one attached hydrogen (secondary N) is 1. The number of carbonyl (C=O) groups excluding carboxylic acids is 2. The van der Waals surface area contributed by atoms with Crippen LogP contribution in [0, 0.1) is 0 Å². The van der Waals surface area contributed by atoms with Gasteiger partial charge in [-0.15, -0.1) is 0 Å². The molecule has 1 aromatic carbocycles. The van der Waals surface area contributed by atoms with Gasteiger partial charge in [0.1, 0.15) is 23.2 Å². The molecule has 2 heterocycles. The number of aromatic nitrogens is 1. The molecular weight excluding hydrogens is 364 g/mol. The van der Waals surface area contributed by atoms with Crippen LogP contribution in [0.25, 0.3) is 0 Å². The van der Waals surface area contributed by atoms with Crippen LogP contribution < -0.4 is 10.1 Å². The number of thioether (sulfide) groups is 1. The molecule has 6 nitrogen and oxygen atoms in total. The predicted molar refractivity (Wildman–Crippen MR) is 104 cm³/mol. The van der Waals surface area contributed by atoms with E-state index in [9.17, 15) is 14.7 Å². The topological polar surface area (TPSA) is 88.5 Å². The van der Waals surface area contributed by atoms with Crippen LogP contribution in [0.4, 0.5) is 4.79 Å². The van der Waals surface area contributed by atoms with Crippen LogP contribution in [0.1, 0.15) is 36.8 Å². The van der Waals surface area contributed by atoms with Crippen LogP contribution >= 0.6 is 11.8 Å². The van der Waals surface area contributed by atoms with E-state index in [1.807, 2.05) is 24.3 Å². The fourth-order valence-corrected chi connectivity index (χ4v) is 3.75. The molecule has 0 saturated carbocycles. The molecule has 0 radical (unpaired) electrons. The molecule has 0 aliphatic carbocycles. The van der Waals surface area contributed by atoms with E-state index >= 15 is 0 Å². The standard InChI is InChI=1S/C20H22N2O4S/c1-3-13-6-9-16(21-11-13)17(23)12-26-15-7-4-14(5-8-15)10-20(2)18(24)22-19(25)27-20/h4-9,11,17,23H,3,10,12H2,1-2H3,(H,22,24,25)/t17-,20+/m1/s1. The van der Waals surface area contributed by atoms with Gasteiger partial charge in [-0.1, -0.05) is 25.1 Å². The Labute approximate surface area is 162 Å². The molecule has 0 unspecified atom stereocenters. The number of aliphatic hydroxyl groups is 1. The molecule has 0 spiro atoms. The van der Waals surface area contributed by atoms with E-state index in [0.29, 0.717) is 17.9 Å². The Balaban J connectivity index is 1.56. The molecule has 0 bridgehead atoms. The Morgan fingerprint density at radius 3 is 2.44 bits per heavy atom. The average molecular weight is 386 g/mol. The van der Waals surface area contributed by atoms with Crippen LogP contribution in [0.2, 0.25) is 0 Å². The highest BCUT2D eigenvalue weighted by atomic mass is 32.2. The third-order valence-corrected chi connectivity index (χ3v) is 5.55. The number of benzene rings is 1. The molecule has 3 rings (SSSR count). The van der Waals surface area contributed by atoms with Gasteiger partial charge in [-0.25, -0.2) is 0 Å². The lowest BCUT2D eigenvalue weighted by molar-refractivity contribution is -0.121. The monoisotopic (exact) mass is 386 g/mol. The summed E-state index contributed by atoms with van der Waals surface area (Å²) in [7, 11) is 0. The number of imide groups is 1. The van der Waals surface area contributed by atoms with Gasteiger partial charge in [0.05, 0.1) is 5.69 Å². The first-order valence-electron chi connectivity index (χ1n) is 8.78. The first-order valence-corrected chi connectivity index (χ1v) is 9.60. The Morgan fingerprint density at radius 1 is 1.19 bits per heavy atom. The summed E-state index contributed by atoms with van der Waals surface area (Å²) in [5.41, 5.74) is 2.62. The normalized spacial score (nSPS) is 20.4. The maximum atomic E-state index is 11.9. The summed E-state index contributed by atoms with van der Waals surface area (Å²) in [6.07, 6.45) is 2.31. The van der Waals surface area contributed by atoms with Crippen molar-refractivity contribution in [2.75, 3.05) is 6.61 Å². The second-order valence-electron chi connectivity index (χ2n) is 6.67. The van der Waals surface area contributed by atoms with Gasteiger partial charge in [0.15, 0.2) is 0 Å². The predicted octanol–water partition coefficient (Wildman–Crippen LogP) is 3.04. The molecule has 7 heteroatoms. The summed E-state index contributed by atoms with van der Waals surface area (Å²) in [4.78, 5) is 27.6. The Bertz CT molecular complexity index is 823. The molecular formula is C20H22N2O4S. The van der Waals surface area contributed by atoms with E-state index in [4.69, 9.17) is 4.74 Å². The summed E-state index contributed by atoms with van der Waals surface area (Å²) in [5, 5.41) is 12.2. The number of nitrogens with zero attached hydrogens (tertiary/aromatic N) is 1. The summed E-state index contributed by atoms with van der Waals surface area (Å²) in [6, 6.07) is 11.1. The Morgan fingerprint density at radius 2 is 1.89 bits per heavy atom. The second kappa shape index (κ2) is 8.10. The lowest BCUT2D eigenvalue weighted by Crippen LogP contribution is -2.35. The molecule has 142 valence electrons. The quantitative estimate of drug-likeness (QED) is 0.760. The number of amides is 2. The first-order chi connectivity index (χ1) is 12.9. The number of aliphatic hydroxyl groups excluding tert-OH is 1. The SMILES string of the molecule is CCc1ccc([C@H](O)COc2ccc(C[C@]3(C)SC(=O)NC3=O)cc2)nc1. The third kappa shape index (κ3) is 4.67. The lowest BCUT2D eigenvalue weighted by Gasteiger charge is -2.18. The third-order valence-electron chi connectivity index (χ3n) is 4.48. The van der Waals surface area contributed by atoms with E-state index in [1.54, 1.807) is 25.3 Å². The Kier molecular flexibility index (Phi) is 5.82. The second-order valence-corrected chi connectivity index (χ2v) is 8.14. The van der Waals surface area contributed by atoms with Gasteiger partial charge in [0, 0.05) is 6.20 Å². The van der Waals surface area contributed by atoms with Gasteiger partial charge in [-0.3, -0.25) is 19.9 Å².